The summed E-state index contributed by atoms with van der Waals surface area (Å²) in [5, 5.41) is 2.55. The van der Waals surface area contributed by atoms with Crippen molar-refractivity contribution < 1.29 is 14.0 Å². The third-order valence-corrected chi connectivity index (χ3v) is 5.49. The van der Waals surface area contributed by atoms with Gasteiger partial charge in [0.05, 0.1) is 12.8 Å². The molecule has 0 aliphatic carbocycles. The fourth-order valence-electron chi connectivity index (χ4n) is 3.70. The standard InChI is InChI=1S/C19H22N6O5/c1-23-16-14(18(28)24(2)19(23)29)21-15(22-16)11-5-7-25(8-6-11)13(26)10-20-17(27)12-4-3-9-30-12/h3-4,9,11H,5-8,10H2,1-2H3,(H,20,27)(H,21,22). The minimum Gasteiger partial charge on any atom is -0.459 e. The fourth-order valence-corrected chi connectivity index (χ4v) is 3.70. The van der Waals surface area contributed by atoms with Crippen LogP contribution in [0.5, 0.6) is 0 Å². The highest BCUT2D eigenvalue weighted by atomic mass is 16.3. The first-order chi connectivity index (χ1) is 14.4. The number of carbonyl (C=O) groups is 2. The molecule has 3 aromatic heterocycles. The van der Waals surface area contributed by atoms with Crippen LogP contribution in [0.2, 0.25) is 0 Å². The summed E-state index contributed by atoms with van der Waals surface area (Å²) in [5.74, 6) is 0.236. The monoisotopic (exact) mass is 414 g/mol. The summed E-state index contributed by atoms with van der Waals surface area (Å²) in [6, 6.07) is 3.13. The highest BCUT2D eigenvalue weighted by Gasteiger charge is 2.27. The molecule has 0 spiro atoms. The molecule has 4 heterocycles. The molecule has 1 saturated heterocycles. The summed E-state index contributed by atoms with van der Waals surface area (Å²) in [5.41, 5.74) is -0.208. The number of carbonyl (C=O) groups excluding carboxylic acids is 2. The number of hydrogen-bond donors (Lipinski definition) is 2. The van der Waals surface area contributed by atoms with Crippen molar-refractivity contribution in [2.75, 3.05) is 19.6 Å². The first-order valence-corrected chi connectivity index (χ1v) is 9.62. The highest BCUT2D eigenvalue weighted by Crippen LogP contribution is 2.26. The average Bonchev–Trinajstić information content (AvgIpc) is 3.45. The number of fused-ring (bicyclic) bond motifs is 1. The van der Waals surface area contributed by atoms with E-state index in [0.29, 0.717) is 42.9 Å². The molecular weight excluding hydrogens is 392 g/mol. The molecule has 30 heavy (non-hydrogen) atoms. The van der Waals surface area contributed by atoms with Gasteiger partial charge in [0.2, 0.25) is 5.91 Å². The highest BCUT2D eigenvalue weighted by molar-refractivity contribution is 5.94. The largest absolute Gasteiger partial charge is 0.459 e. The van der Waals surface area contributed by atoms with Crippen LogP contribution >= 0.6 is 0 Å². The lowest BCUT2D eigenvalue weighted by molar-refractivity contribution is -0.131. The molecule has 1 aliphatic heterocycles. The van der Waals surface area contributed by atoms with Crippen molar-refractivity contribution in [2.45, 2.75) is 18.8 Å². The number of H-pyrrole nitrogens is 1. The molecule has 2 amide bonds. The Morgan fingerprint density at radius 1 is 1.23 bits per heavy atom. The number of nitrogens with one attached hydrogen (secondary N) is 2. The summed E-state index contributed by atoms with van der Waals surface area (Å²) >= 11 is 0. The van der Waals surface area contributed by atoms with Gasteiger partial charge in [0, 0.05) is 33.1 Å². The molecule has 0 aromatic carbocycles. The zero-order valence-corrected chi connectivity index (χ0v) is 16.7. The number of aromatic nitrogens is 4. The number of rotatable bonds is 4. The lowest BCUT2D eigenvalue weighted by Gasteiger charge is -2.31. The number of imidazole rings is 1. The fraction of sp³-hybridized carbons (Fsp3) is 0.421. The molecule has 11 nitrogen and oxygen atoms in total. The summed E-state index contributed by atoms with van der Waals surface area (Å²) in [4.78, 5) is 57.9. The first kappa shape index (κ1) is 19.7. The Labute approximate surface area is 170 Å². The lowest BCUT2D eigenvalue weighted by atomic mass is 9.96. The van der Waals surface area contributed by atoms with Crippen molar-refractivity contribution >= 4 is 23.0 Å². The number of piperidine rings is 1. The van der Waals surface area contributed by atoms with Crippen molar-refractivity contribution in [1.82, 2.24) is 29.3 Å². The second-order valence-corrected chi connectivity index (χ2v) is 7.34. The zero-order chi connectivity index (χ0) is 21.4. The average molecular weight is 414 g/mol. The van der Waals surface area contributed by atoms with Crippen molar-refractivity contribution in [3.8, 4) is 0 Å². The number of nitrogens with zero attached hydrogens (tertiary/aromatic N) is 4. The predicted molar refractivity (Wildman–Crippen MR) is 106 cm³/mol. The van der Waals surface area contributed by atoms with Crippen molar-refractivity contribution in [3.05, 3.63) is 50.8 Å². The normalized spacial score (nSPS) is 14.9. The number of aryl methyl sites for hydroxylation is 1. The van der Waals surface area contributed by atoms with Gasteiger partial charge in [0.15, 0.2) is 11.4 Å². The van der Waals surface area contributed by atoms with Crippen LogP contribution < -0.4 is 16.6 Å². The van der Waals surface area contributed by atoms with Crippen LogP contribution in [0, 0.1) is 0 Å². The Morgan fingerprint density at radius 3 is 2.63 bits per heavy atom. The Balaban J connectivity index is 1.40. The Hall–Kier alpha value is -3.63. The minimum absolute atomic E-state index is 0.0407. The van der Waals surface area contributed by atoms with Gasteiger partial charge in [-0.1, -0.05) is 0 Å². The van der Waals surface area contributed by atoms with Gasteiger partial charge >= 0.3 is 5.69 Å². The van der Waals surface area contributed by atoms with Crippen molar-refractivity contribution in [2.24, 2.45) is 14.1 Å². The maximum atomic E-state index is 12.4. The molecule has 0 radical (unpaired) electrons. The van der Waals surface area contributed by atoms with Gasteiger partial charge in [-0.2, -0.15) is 0 Å². The summed E-state index contributed by atoms with van der Waals surface area (Å²) in [7, 11) is 3.01. The molecule has 0 bridgehead atoms. The molecule has 1 fully saturated rings. The van der Waals surface area contributed by atoms with Gasteiger partial charge in [-0.3, -0.25) is 23.5 Å². The van der Waals surface area contributed by atoms with E-state index in [2.05, 4.69) is 15.3 Å². The number of aromatic amines is 1. The molecule has 3 aromatic rings. The number of likely N-dealkylation sites (tertiary alicyclic amines) is 1. The van der Waals surface area contributed by atoms with Gasteiger partial charge < -0.3 is 19.6 Å². The van der Waals surface area contributed by atoms with E-state index in [1.807, 2.05) is 0 Å². The predicted octanol–water partition coefficient (Wildman–Crippen LogP) is -0.311. The first-order valence-electron chi connectivity index (χ1n) is 9.62. The number of amides is 2. The second kappa shape index (κ2) is 7.65. The minimum atomic E-state index is -0.433. The van der Waals surface area contributed by atoms with E-state index in [4.69, 9.17) is 4.42 Å². The van der Waals surface area contributed by atoms with Crippen LogP contribution in [-0.4, -0.2) is 55.5 Å². The smallest absolute Gasteiger partial charge is 0.332 e. The molecule has 1 aliphatic rings. The van der Waals surface area contributed by atoms with Crippen LogP contribution in [0.3, 0.4) is 0 Å². The molecule has 4 rings (SSSR count). The maximum Gasteiger partial charge on any atom is 0.332 e. The van der Waals surface area contributed by atoms with Gasteiger partial charge in [-0.25, -0.2) is 9.78 Å². The van der Waals surface area contributed by atoms with Gasteiger partial charge in [0.1, 0.15) is 11.3 Å². The molecule has 158 valence electrons. The van der Waals surface area contributed by atoms with Crippen LogP contribution in [0.15, 0.2) is 32.4 Å². The lowest BCUT2D eigenvalue weighted by Crippen LogP contribution is -2.43. The third kappa shape index (κ3) is 3.42. The van der Waals surface area contributed by atoms with E-state index in [0.717, 1.165) is 4.57 Å². The Kier molecular flexibility index (Phi) is 5.02. The van der Waals surface area contributed by atoms with Crippen LogP contribution in [-0.2, 0) is 18.9 Å². The molecule has 2 N–H and O–H groups in total. The summed E-state index contributed by atoms with van der Waals surface area (Å²) in [6.07, 6.45) is 2.71. The maximum absolute atomic E-state index is 12.4. The quantitative estimate of drug-likeness (QED) is 0.601. The molecular formula is C19H22N6O5. The van der Waals surface area contributed by atoms with Gasteiger partial charge in [-0.15, -0.1) is 0 Å². The van der Waals surface area contributed by atoms with Gasteiger partial charge in [-0.05, 0) is 25.0 Å². The summed E-state index contributed by atoms with van der Waals surface area (Å²) < 4.78 is 7.39. The van der Waals surface area contributed by atoms with E-state index in [-0.39, 0.29) is 24.1 Å². The van der Waals surface area contributed by atoms with Crippen LogP contribution in [0.1, 0.15) is 35.1 Å². The molecule has 0 saturated carbocycles. The topological polar surface area (TPSA) is 135 Å². The van der Waals surface area contributed by atoms with Crippen molar-refractivity contribution in [3.63, 3.8) is 0 Å². The molecule has 11 heteroatoms. The van der Waals surface area contributed by atoms with E-state index < -0.39 is 17.2 Å². The number of hydrogen-bond acceptors (Lipinski definition) is 6. The van der Waals surface area contributed by atoms with E-state index in [1.165, 1.54) is 23.9 Å². The van der Waals surface area contributed by atoms with E-state index in [9.17, 15) is 19.2 Å². The van der Waals surface area contributed by atoms with Crippen LogP contribution in [0.25, 0.3) is 11.2 Å². The van der Waals surface area contributed by atoms with E-state index in [1.54, 1.807) is 18.0 Å². The van der Waals surface area contributed by atoms with Gasteiger partial charge in [0.25, 0.3) is 11.5 Å². The third-order valence-electron chi connectivity index (χ3n) is 5.49. The van der Waals surface area contributed by atoms with Crippen molar-refractivity contribution in [1.29, 1.82) is 0 Å². The Bertz CT molecular complexity index is 1210. The number of furan rings is 1. The SMILES string of the molecule is Cn1c(=O)c2[nH]c(C3CCN(C(=O)CNC(=O)c4ccco4)CC3)nc2n(C)c1=O. The molecule has 0 atom stereocenters. The Morgan fingerprint density at radius 2 is 1.97 bits per heavy atom. The zero-order valence-electron chi connectivity index (χ0n) is 16.7. The summed E-state index contributed by atoms with van der Waals surface area (Å²) in [6.45, 7) is 0.912. The van der Waals surface area contributed by atoms with E-state index >= 15 is 0 Å². The molecule has 0 unspecified atom stereocenters. The van der Waals surface area contributed by atoms with Crippen LogP contribution in [0.4, 0.5) is 0 Å². The second-order valence-electron chi connectivity index (χ2n) is 7.34.